The van der Waals surface area contributed by atoms with Crippen LogP contribution in [-0.4, -0.2) is 61.0 Å². The molecule has 3 rings (SSSR count). The number of aliphatic hydroxyl groups is 1. The van der Waals surface area contributed by atoms with E-state index < -0.39 is 0 Å². The third kappa shape index (κ3) is 4.64. The monoisotopic (exact) mass is 347 g/mol. The largest absolute Gasteiger partial charge is 0.396 e. The van der Waals surface area contributed by atoms with Crippen LogP contribution in [0.4, 0.5) is 16.2 Å². The summed E-state index contributed by atoms with van der Waals surface area (Å²) in [4.78, 5) is 16.5. The zero-order valence-corrected chi connectivity index (χ0v) is 15.1. The van der Waals surface area contributed by atoms with E-state index in [1.165, 1.54) is 0 Å². The molecule has 0 saturated carbocycles. The second-order valence-corrected chi connectivity index (χ2v) is 7.25. The maximum absolute atomic E-state index is 12.4. The highest BCUT2D eigenvalue weighted by Crippen LogP contribution is 2.23. The number of likely N-dealkylation sites (tertiary alicyclic amines) is 1. The molecule has 0 aromatic heterocycles. The second-order valence-electron chi connectivity index (χ2n) is 7.25. The molecule has 6 heteroatoms. The first-order chi connectivity index (χ1) is 12.0. The fourth-order valence-electron chi connectivity index (χ4n) is 3.67. The molecule has 2 atom stereocenters. The van der Waals surface area contributed by atoms with E-state index in [4.69, 9.17) is 4.74 Å². The Balaban J connectivity index is 1.55. The first kappa shape index (κ1) is 18.0. The van der Waals surface area contributed by atoms with Crippen LogP contribution in [0.1, 0.15) is 26.7 Å². The van der Waals surface area contributed by atoms with Gasteiger partial charge in [0, 0.05) is 44.2 Å². The number of amides is 2. The van der Waals surface area contributed by atoms with Crippen molar-refractivity contribution in [3.63, 3.8) is 0 Å². The molecule has 2 heterocycles. The minimum atomic E-state index is -0.0576. The van der Waals surface area contributed by atoms with E-state index in [0.717, 1.165) is 37.3 Å². The van der Waals surface area contributed by atoms with Crippen LogP contribution in [0.2, 0.25) is 0 Å². The molecule has 0 aliphatic carbocycles. The maximum Gasteiger partial charge on any atom is 0.321 e. The lowest BCUT2D eigenvalue weighted by atomic mass is 9.98. The van der Waals surface area contributed by atoms with E-state index in [0.29, 0.717) is 19.0 Å². The number of morpholine rings is 1. The number of piperidine rings is 1. The average Bonchev–Trinajstić information content (AvgIpc) is 2.61. The van der Waals surface area contributed by atoms with Crippen molar-refractivity contribution in [2.45, 2.75) is 38.9 Å². The van der Waals surface area contributed by atoms with E-state index in [2.05, 4.69) is 36.2 Å². The molecule has 138 valence electrons. The Hall–Kier alpha value is -1.79. The highest BCUT2D eigenvalue weighted by atomic mass is 16.5. The first-order valence-corrected chi connectivity index (χ1v) is 9.22. The minimum Gasteiger partial charge on any atom is -0.396 e. The molecule has 2 fully saturated rings. The summed E-state index contributed by atoms with van der Waals surface area (Å²) >= 11 is 0. The van der Waals surface area contributed by atoms with Crippen molar-refractivity contribution in [2.75, 3.05) is 43.0 Å². The van der Waals surface area contributed by atoms with Crippen LogP contribution in [0.15, 0.2) is 24.3 Å². The Morgan fingerprint density at radius 1 is 1.16 bits per heavy atom. The van der Waals surface area contributed by atoms with Crippen LogP contribution < -0.4 is 10.2 Å². The highest BCUT2D eigenvalue weighted by Gasteiger charge is 2.23. The van der Waals surface area contributed by atoms with Gasteiger partial charge in [-0.05, 0) is 56.9 Å². The number of benzene rings is 1. The quantitative estimate of drug-likeness (QED) is 0.882. The Morgan fingerprint density at radius 2 is 1.76 bits per heavy atom. The van der Waals surface area contributed by atoms with E-state index in [1.54, 1.807) is 0 Å². The molecule has 0 bridgehead atoms. The van der Waals surface area contributed by atoms with Gasteiger partial charge in [-0.3, -0.25) is 0 Å². The summed E-state index contributed by atoms with van der Waals surface area (Å²) in [7, 11) is 0. The van der Waals surface area contributed by atoms with Crippen molar-refractivity contribution >= 4 is 17.4 Å². The van der Waals surface area contributed by atoms with E-state index in [9.17, 15) is 9.90 Å². The lowest BCUT2D eigenvalue weighted by Gasteiger charge is -2.37. The van der Waals surface area contributed by atoms with Gasteiger partial charge in [-0.15, -0.1) is 0 Å². The number of carbonyl (C=O) groups is 1. The molecule has 2 aliphatic heterocycles. The fraction of sp³-hybridized carbons (Fsp3) is 0.632. The highest BCUT2D eigenvalue weighted by molar-refractivity contribution is 5.89. The number of urea groups is 1. The standard InChI is InChI=1S/C19H29N3O3/c1-14-11-22(12-15(2)25-14)18-5-3-17(4-6-18)20-19(24)21-9-7-16(13-23)8-10-21/h3-6,14-16,23H,7-13H2,1-2H3,(H,20,24). The van der Waals surface area contributed by atoms with Gasteiger partial charge in [0.1, 0.15) is 0 Å². The van der Waals surface area contributed by atoms with Crippen LogP contribution in [0.3, 0.4) is 0 Å². The van der Waals surface area contributed by atoms with Gasteiger partial charge in [0.15, 0.2) is 0 Å². The van der Waals surface area contributed by atoms with Crippen LogP contribution in [-0.2, 0) is 4.74 Å². The Morgan fingerprint density at radius 3 is 2.32 bits per heavy atom. The van der Waals surface area contributed by atoms with Gasteiger partial charge in [-0.25, -0.2) is 4.79 Å². The lowest BCUT2D eigenvalue weighted by molar-refractivity contribution is -0.00521. The van der Waals surface area contributed by atoms with Crippen molar-refractivity contribution in [3.8, 4) is 0 Å². The van der Waals surface area contributed by atoms with Crippen molar-refractivity contribution < 1.29 is 14.6 Å². The van der Waals surface area contributed by atoms with Gasteiger partial charge in [0.2, 0.25) is 0 Å². The Labute approximate surface area is 149 Å². The second kappa shape index (κ2) is 8.06. The molecule has 0 radical (unpaired) electrons. The van der Waals surface area contributed by atoms with E-state index in [1.807, 2.05) is 17.0 Å². The van der Waals surface area contributed by atoms with Crippen LogP contribution in [0.5, 0.6) is 0 Å². The smallest absolute Gasteiger partial charge is 0.321 e. The number of nitrogens with zero attached hydrogens (tertiary/aromatic N) is 2. The third-order valence-electron chi connectivity index (χ3n) is 5.06. The zero-order chi connectivity index (χ0) is 17.8. The Kier molecular flexibility index (Phi) is 5.81. The molecule has 1 aromatic rings. The Bertz CT molecular complexity index is 560. The van der Waals surface area contributed by atoms with Gasteiger partial charge >= 0.3 is 6.03 Å². The SMILES string of the molecule is CC1CN(c2ccc(NC(=O)N3CCC(CO)CC3)cc2)CC(C)O1. The van der Waals surface area contributed by atoms with Crippen LogP contribution in [0.25, 0.3) is 0 Å². The zero-order valence-electron chi connectivity index (χ0n) is 15.1. The molecule has 6 nitrogen and oxygen atoms in total. The van der Waals surface area contributed by atoms with Crippen molar-refractivity contribution in [1.29, 1.82) is 0 Å². The summed E-state index contributed by atoms with van der Waals surface area (Å²) in [5.74, 6) is 0.335. The van der Waals surface area contributed by atoms with Gasteiger partial charge < -0.3 is 25.0 Å². The summed E-state index contributed by atoms with van der Waals surface area (Å²) in [5.41, 5.74) is 1.97. The van der Waals surface area contributed by atoms with Gasteiger partial charge in [-0.1, -0.05) is 0 Å². The summed E-state index contributed by atoms with van der Waals surface area (Å²) < 4.78 is 5.78. The number of rotatable bonds is 3. The number of carbonyl (C=O) groups excluding carboxylic acids is 1. The molecule has 0 spiro atoms. The molecule has 2 N–H and O–H groups in total. The van der Waals surface area contributed by atoms with E-state index in [-0.39, 0.29) is 24.8 Å². The van der Waals surface area contributed by atoms with Crippen molar-refractivity contribution in [1.82, 2.24) is 4.90 Å². The number of hydrogen-bond acceptors (Lipinski definition) is 4. The number of aliphatic hydroxyl groups excluding tert-OH is 1. The van der Waals surface area contributed by atoms with Crippen LogP contribution in [0, 0.1) is 5.92 Å². The van der Waals surface area contributed by atoms with Crippen molar-refractivity contribution in [3.05, 3.63) is 24.3 Å². The number of hydrogen-bond donors (Lipinski definition) is 2. The molecule has 2 unspecified atom stereocenters. The first-order valence-electron chi connectivity index (χ1n) is 9.22. The van der Waals surface area contributed by atoms with Crippen molar-refractivity contribution in [2.24, 2.45) is 5.92 Å². The molecule has 2 aliphatic rings. The van der Waals surface area contributed by atoms with E-state index >= 15 is 0 Å². The fourth-order valence-corrected chi connectivity index (χ4v) is 3.67. The van der Waals surface area contributed by atoms with Gasteiger partial charge in [-0.2, -0.15) is 0 Å². The number of ether oxygens (including phenoxy) is 1. The summed E-state index contributed by atoms with van der Waals surface area (Å²) in [5, 5.41) is 12.2. The molecular formula is C19H29N3O3. The maximum atomic E-state index is 12.4. The topological polar surface area (TPSA) is 65.0 Å². The molecule has 2 saturated heterocycles. The summed E-state index contributed by atoms with van der Waals surface area (Å²) in [6.45, 7) is 7.59. The summed E-state index contributed by atoms with van der Waals surface area (Å²) in [6.07, 6.45) is 2.20. The minimum absolute atomic E-state index is 0.0576. The third-order valence-corrected chi connectivity index (χ3v) is 5.06. The summed E-state index contributed by atoms with van der Waals surface area (Å²) in [6, 6.07) is 7.96. The molecule has 1 aromatic carbocycles. The molecule has 2 amide bonds. The predicted molar refractivity (Wildman–Crippen MR) is 99.1 cm³/mol. The lowest BCUT2D eigenvalue weighted by Crippen LogP contribution is -2.45. The number of nitrogens with one attached hydrogen (secondary N) is 1. The van der Waals surface area contributed by atoms with Gasteiger partial charge in [0.25, 0.3) is 0 Å². The number of anilines is 2. The van der Waals surface area contributed by atoms with Gasteiger partial charge in [0.05, 0.1) is 12.2 Å². The van der Waals surface area contributed by atoms with Crippen LogP contribution >= 0.6 is 0 Å². The average molecular weight is 347 g/mol. The predicted octanol–water partition coefficient (Wildman–Crippen LogP) is 2.54. The molecule has 25 heavy (non-hydrogen) atoms. The molecular weight excluding hydrogens is 318 g/mol. The normalized spacial score (nSPS) is 25.1.